The number of aryl methyl sites for hydroxylation is 6. The summed E-state index contributed by atoms with van der Waals surface area (Å²) in [4.78, 5) is 35.3. The lowest BCUT2D eigenvalue weighted by Gasteiger charge is -2.20. The molecule has 0 aliphatic carbocycles. The second-order valence-electron chi connectivity index (χ2n) is 16.7. The van der Waals surface area contributed by atoms with E-state index in [9.17, 15) is 19.0 Å². The Hall–Kier alpha value is -2.43. The molecule has 1 unspecified atom stereocenters. The van der Waals surface area contributed by atoms with Crippen molar-refractivity contribution in [3.8, 4) is 0 Å². The zero-order valence-electron chi connectivity index (χ0n) is 38.4. The van der Waals surface area contributed by atoms with Gasteiger partial charge in [0, 0.05) is 45.1 Å². The van der Waals surface area contributed by atoms with Crippen molar-refractivity contribution in [2.45, 2.75) is 214 Å². The molecule has 0 amide bonds. The van der Waals surface area contributed by atoms with Crippen LogP contribution in [0.5, 0.6) is 0 Å². The maximum Gasteiger partial charge on any atom is 0.472 e. The molecule has 2 atom stereocenters. The lowest BCUT2D eigenvalue weighted by molar-refractivity contribution is -0.161. The molecule has 0 aliphatic rings. The lowest BCUT2D eigenvalue weighted by Crippen LogP contribution is -2.29. The van der Waals surface area contributed by atoms with Gasteiger partial charge in [-0.2, -0.15) is 0 Å². The summed E-state index contributed by atoms with van der Waals surface area (Å²) in [7, 11) is -2.68. The maximum absolute atomic E-state index is 12.7. The first-order valence-electron chi connectivity index (χ1n) is 23.8. The second kappa shape index (κ2) is 34.1. The largest absolute Gasteiger partial charge is 0.472 e. The topological polar surface area (TPSA) is 147 Å². The highest BCUT2D eigenvalue weighted by atomic mass is 31.2. The zero-order chi connectivity index (χ0) is 43.7. The van der Waals surface area contributed by atoms with Gasteiger partial charge in [-0.25, -0.2) is 4.57 Å². The van der Waals surface area contributed by atoms with E-state index in [1.807, 2.05) is 0 Å². The summed E-state index contributed by atoms with van der Waals surface area (Å²) in [6.07, 6.45) is 27.9. The van der Waals surface area contributed by atoms with Crippen LogP contribution in [0, 0.1) is 13.8 Å². The van der Waals surface area contributed by atoms with Crippen LogP contribution in [0.1, 0.15) is 202 Å². The molecular weight excluding hydrogens is 781 g/mol. The molecule has 0 aliphatic heterocycles. The molecule has 2 N–H and O–H groups in total. The van der Waals surface area contributed by atoms with Crippen LogP contribution in [0.3, 0.4) is 0 Å². The van der Waals surface area contributed by atoms with Gasteiger partial charge >= 0.3 is 19.8 Å². The van der Waals surface area contributed by atoms with Crippen LogP contribution in [0.15, 0.2) is 21.0 Å². The number of carbonyl (C=O) groups is 2. The number of unbranched alkanes of at least 4 members (excludes halogenated alkanes) is 18. The maximum atomic E-state index is 12.7. The first-order chi connectivity index (χ1) is 29.1. The number of phosphoric ester groups is 1. The van der Waals surface area contributed by atoms with Gasteiger partial charge in [0.25, 0.3) is 0 Å². The van der Waals surface area contributed by atoms with Crippen molar-refractivity contribution in [3.63, 3.8) is 0 Å². The van der Waals surface area contributed by atoms with Crippen molar-refractivity contribution in [2.75, 3.05) is 33.4 Å². The third kappa shape index (κ3) is 26.8. The average molecular weight is 866 g/mol. The van der Waals surface area contributed by atoms with Crippen LogP contribution in [0.2, 0.25) is 0 Å². The van der Waals surface area contributed by atoms with Gasteiger partial charge in [0.05, 0.1) is 13.2 Å². The summed E-state index contributed by atoms with van der Waals surface area (Å²) < 4.78 is 45.6. The van der Waals surface area contributed by atoms with E-state index in [1.165, 1.54) is 93.9 Å². The lowest BCUT2D eigenvalue weighted by atomic mass is 10.0. The van der Waals surface area contributed by atoms with E-state index in [2.05, 4.69) is 45.1 Å². The predicted octanol–water partition coefficient (Wildman–Crippen LogP) is 12.6. The number of nitrogens with one attached hydrogen (secondary N) is 1. The van der Waals surface area contributed by atoms with Crippen molar-refractivity contribution in [1.29, 1.82) is 0 Å². The van der Waals surface area contributed by atoms with Gasteiger partial charge in [-0.1, -0.05) is 117 Å². The number of likely N-dealkylation sites (N-methyl/N-ethyl adjacent to an activating group) is 1. The van der Waals surface area contributed by atoms with Gasteiger partial charge in [0.15, 0.2) is 6.10 Å². The number of hydrogen-bond acceptors (Lipinski definition) is 10. The van der Waals surface area contributed by atoms with Gasteiger partial charge in [-0.3, -0.25) is 18.6 Å². The van der Waals surface area contributed by atoms with E-state index in [0.717, 1.165) is 94.3 Å². The van der Waals surface area contributed by atoms with E-state index in [0.29, 0.717) is 19.4 Å². The molecule has 0 aromatic carbocycles. The van der Waals surface area contributed by atoms with E-state index < -0.39 is 32.5 Å². The number of carbonyl (C=O) groups excluding carboxylic acids is 2. The number of hydrogen-bond donors (Lipinski definition) is 2. The molecule has 60 heavy (non-hydrogen) atoms. The Labute approximate surface area is 363 Å². The summed E-state index contributed by atoms with van der Waals surface area (Å²) in [5.41, 5.74) is 2.55. The Morgan fingerprint density at radius 1 is 0.617 bits per heavy atom. The average Bonchev–Trinajstić information content (AvgIpc) is 3.76. The standard InChI is InChI=1S/C48H84NO10P/c1-6-8-22-28-42-36-40(3)45(57-42)30-24-18-14-12-10-11-13-15-21-27-33-48(51)59-44(39-56-60(52,53)55-35-34-49-5)38-54-47(50)32-26-20-17-16-19-25-31-46-41(4)37-43(58-46)29-23-9-7-2/h36-37,44,49H,6-35,38-39H2,1-5H3,(H,52,53)/t44-/m1/s1. The molecule has 11 nitrogen and oxygen atoms in total. The summed E-state index contributed by atoms with van der Waals surface area (Å²) >= 11 is 0. The quantitative estimate of drug-likeness (QED) is 0.0375. The fourth-order valence-corrected chi connectivity index (χ4v) is 8.10. The SMILES string of the molecule is CCCCCc1cc(C)c(CCCCCCCCCCCCC(=O)O[C@H](COC(=O)CCCCCCCCc2oc(CCCCC)cc2C)COP(=O)(O)OCCNC)o1. The van der Waals surface area contributed by atoms with Crippen LogP contribution in [-0.2, 0) is 58.4 Å². The fraction of sp³-hybridized carbons (Fsp3) is 0.792. The van der Waals surface area contributed by atoms with Crippen molar-refractivity contribution in [2.24, 2.45) is 0 Å². The van der Waals surface area contributed by atoms with E-state index in [-0.39, 0.29) is 26.1 Å². The zero-order valence-corrected chi connectivity index (χ0v) is 39.3. The van der Waals surface area contributed by atoms with Crippen molar-refractivity contribution >= 4 is 19.8 Å². The van der Waals surface area contributed by atoms with Gasteiger partial charge < -0.3 is 28.5 Å². The Bertz CT molecular complexity index is 1440. The molecule has 2 aromatic heterocycles. The summed E-state index contributed by atoms with van der Waals surface area (Å²) in [6.45, 7) is 8.39. The molecular formula is C48H84NO10P. The van der Waals surface area contributed by atoms with Crippen molar-refractivity contribution < 1.29 is 46.4 Å². The Balaban J connectivity index is 1.58. The molecule has 0 saturated carbocycles. The number of ether oxygens (including phenoxy) is 2. The molecule has 0 radical (unpaired) electrons. The van der Waals surface area contributed by atoms with Crippen LogP contribution >= 0.6 is 7.82 Å². The van der Waals surface area contributed by atoms with Crippen molar-refractivity contribution in [1.82, 2.24) is 5.32 Å². The van der Waals surface area contributed by atoms with Crippen LogP contribution in [0.25, 0.3) is 0 Å². The van der Waals surface area contributed by atoms with Crippen LogP contribution < -0.4 is 5.32 Å². The Kier molecular flexibility index (Phi) is 30.5. The Morgan fingerprint density at radius 2 is 1.05 bits per heavy atom. The molecule has 346 valence electrons. The van der Waals surface area contributed by atoms with Crippen LogP contribution in [-0.4, -0.2) is 56.3 Å². The van der Waals surface area contributed by atoms with Gasteiger partial charge in [0.2, 0.25) is 0 Å². The van der Waals surface area contributed by atoms with Crippen LogP contribution in [0.4, 0.5) is 0 Å². The van der Waals surface area contributed by atoms with Gasteiger partial charge in [0.1, 0.15) is 29.6 Å². The molecule has 0 spiro atoms. The van der Waals surface area contributed by atoms with E-state index >= 15 is 0 Å². The first-order valence-corrected chi connectivity index (χ1v) is 25.3. The van der Waals surface area contributed by atoms with E-state index in [1.54, 1.807) is 7.05 Å². The summed E-state index contributed by atoms with van der Waals surface area (Å²) in [5, 5.41) is 2.83. The number of rotatable bonds is 40. The van der Waals surface area contributed by atoms with Gasteiger partial charge in [-0.15, -0.1) is 0 Å². The molecule has 2 heterocycles. The first kappa shape index (κ1) is 53.7. The summed E-state index contributed by atoms with van der Waals surface area (Å²) in [5.74, 6) is 3.69. The Morgan fingerprint density at radius 3 is 1.52 bits per heavy atom. The number of esters is 2. The van der Waals surface area contributed by atoms with E-state index in [4.69, 9.17) is 27.4 Å². The highest BCUT2D eigenvalue weighted by Crippen LogP contribution is 2.43. The third-order valence-electron chi connectivity index (χ3n) is 11.0. The molecule has 0 saturated heterocycles. The second-order valence-corrected chi connectivity index (χ2v) is 18.2. The molecule has 12 heteroatoms. The molecule has 0 fully saturated rings. The molecule has 2 aromatic rings. The highest BCUT2D eigenvalue weighted by Gasteiger charge is 2.26. The minimum Gasteiger partial charge on any atom is -0.466 e. The molecule has 0 bridgehead atoms. The monoisotopic (exact) mass is 866 g/mol. The van der Waals surface area contributed by atoms with Gasteiger partial charge in [-0.05, 0) is 82.7 Å². The fourth-order valence-electron chi connectivity index (χ4n) is 7.35. The normalized spacial score (nSPS) is 13.1. The third-order valence-corrected chi connectivity index (χ3v) is 12.0. The molecule has 2 rings (SSSR count). The number of phosphoric acid groups is 1. The summed E-state index contributed by atoms with van der Waals surface area (Å²) in [6, 6.07) is 4.41. The smallest absolute Gasteiger partial charge is 0.466 e. The predicted molar refractivity (Wildman–Crippen MR) is 240 cm³/mol. The number of furan rings is 2. The highest BCUT2D eigenvalue weighted by molar-refractivity contribution is 7.47. The minimum absolute atomic E-state index is 0.0281. The minimum atomic E-state index is -4.37. The van der Waals surface area contributed by atoms with Crippen molar-refractivity contribution in [3.05, 3.63) is 46.3 Å².